The predicted octanol–water partition coefficient (Wildman–Crippen LogP) is 3.03. The number of ether oxygens (including phenoxy) is 2. The molecule has 0 spiro atoms. The molecule has 0 radical (unpaired) electrons. The summed E-state index contributed by atoms with van der Waals surface area (Å²) >= 11 is 0. The third kappa shape index (κ3) is 3.84. The van der Waals surface area contributed by atoms with Crippen LogP contribution in [0.25, 0.3) is 10.9 Å². The molecule has 0 unspecified atom stereocenters. The normalized spacial score (nSPS) is 11.6. The Labute approximate surface area is 153 Å². The number of fused-ring (bicyclic) bond motifs is 1. The number of nitrogens with zero attached hydrogens (tertiary/aromatic N) is 1. The Morgan fingerprint density at radius 3 is 2.62 bits per heavy atom. The molecule has 0 amide bonds. The van der Waals surface area contributed by atoms with E-state index in [1.54, 1.807) is 12.1 Å². The van der Waals surface area contributed by atoms with Crippen LogP contribution in [0.15, 0.2) is 59.6 Å². The molecule has 0 fully saturated rings. The van der Waals surface area contributed by atoms with Crippen molar-refractivity contribution in [2.75, 3.05) is 20.8 Å². The molecule has 3 rings (SSSR count). The number of sulfonamides is 1. The van der Waals surface area contributed by atoms with Crippen LogP contribution in [-0.2, 0) is 16.6 Å². The predicted molar refractivity (Wildman–Crippen MR) is 101 cm³/mol. The van der Waals surface area contributed by atoms with Gasteiger partial charge in [-0.2, -0.15) is 0 Å². The van der Waals surface area contributed by atoms with Gasteiger partial charge in [0.2, 0.25) is 10.0 Å². The van der Waals surface area contributed by atoms with Crippen molar-refractivity contribution in [3.63, 3.8) is 0 Å². The number of hydrogen-bond acceptors (Lipinski definition) is 4. The summed E-state index contributed by atoms with van der Waals surface area (Å²) in [6, 6.07) is 14.9. The molecule has 0 saturated heterocycles. The number of nitrogens with one attached hydrogen (secondary N) is 1. The van der Waals surface area contributed by atoms with Crippen LogP contribution >= 0.6 is 0 Å². The average Bonchev–Trinajstić information content (AvgIpc) is 3.08. The van der Waals surface area contributed by atoms with Crippen LogP contribution in [0.4, 0.5) is 0 Å². The minimum absolute atomic E-state index is 0.0748. The quantitative estimate of drug-likeness (QED) is 0.616. The second-order valence-corrected chi connectivity index (χ2v) is 7.57. The third-order valence-corrected chi connectivity index (χ3v) is 5.69. The minimum Gasteiger partial charge on any atom is -0.497 e. The van der Waals surface area contributed by atoms with Gasteiger partial charge >= 0.3 is 0 Å². The molecule has 26 heavy (non-hydrogen) atoms. The van der Waals surface area contributed by atoms with Crippen molar-refractivity contribution >= 4 is 20.9 Å². The van der Waals surface area contributed by atoms with E-state index in [1.807, 2.05) is 18.3 Å². The Kier molecular flexibility index (Phi) is 5.49. The third-order valence-electron chi connectivity index (χ3n) is 4.21. The van der Waals surface area contributed by atoms with Crippen LogP contribution < -0.4 is 14.2 Å². The SMILES string of the molecule is COc1ccc(OC)c(S(=O)(=O)NCCCn2ccc3ccccc32)c1. The zero-order valence-electron chi connectivity index (χ0n) is 14.8. The van der Waals surface area contributed by atoms with Crippen LogP contribution in [0.5, 0.6) is 11.5 Å². The van der Waals surface area contributed by atoms with Gasteiger partial charge in [-0.25, -0.2) is 13.1 Å². The molecule has 138 valence electrons. The summed E-state index contributed by atoms with van der Waals surface area (Å²) in [5.41, 5.74) is 1.14. The Balaban J connectivity index is 1.65. The van der Waals surface area contributed by atoms with Gasteiger partial charge in [-0.1, -0.05) is 18.2 Å². The van der Waals surface area contributed by atoms with E-state index in [9.17, 15) is 8.42 Å². The van der Waals surface area contributed by atoms with E-state index in [1.165, 1.54) is 25.7 Å². The van der Waals surface area contributed by atoms with Crippen molar-refractivity contribution < 1.29 is 17.9 Å². The summed E-state index contributed by atoms with van der Waals surface area (Å²) < 4.78 is 40.2. The molecular weight excluding hydrogens is 352 g/mol. The molecule has 3 aromatic rings. The van der Waals surface area contributed by atoms with Crippen LogP contribution in [0.1, 0.15) is 6.42 Å². The number of methoxy groups -OCH3 is 2. The fourth-order valence-electron chi connectivity index (χ4n) is 2.86. The van der Waals surface area contributed by atoms with Crippen molar-refractivity contribution in [3.05, 3.63) is 54.7 Å². The fraction of sp³-hybridized carbons (Fsp3) is 0.263. The molecule has 2 aromatic carbocycles. The average molecular weight is 374 g/mol. The highest BCUT2D eigenvalue weighted by Gasteiger charge is 2.20. The van der Waals surface area contributed by atoms with E-state index in [0.29, 0.717) is 18.7 Å². The molecular formula is C19H22N2O4S. The van der Waals surface area contributed by atoms with Gasteiger partial charge in [-0.15, -0.1) is 0 Å². The van der Waals surface area contributed by atoms with Gasteiger partial charge in [-0.3, -0.25) is 0 Å². The highest BCUT2D eigenvalue weighted by molar-refractivity contribution is 7.89. The summed E-state index contributed by atoms with van der Waals surface area (Å²) in [6.45, 7) is 1.06. The van der Waals surface area contributed by atoms with E-state index >= 15 is 0 Å². The molecule has 1 heterocycles. The molecule has 0 atom stereocenters. The maximum Gasteiger partial charge on any atom is 0.244 e. The first kappa shape index (κ1) is 18.3. The van der Waals surface area contributed by atoms with Gasteiger partial charge in [0.25, 0.3) is 0 Å². The smallest absolute Gasteiger partial charge is 0.244 e. The molecule has 0 bridgehead atoms. The number of hydrogen-bond donors (Lipinski definition) is 1. The van der Waals surface area contributed by atoms with Gasteiger partial charge in [0.15, 0.2) is 0 Å². The molecule has 0 aliphatic carbocycles. The molecule has 7 heteroatoms. The van der Waals surface area contributed by atoms with Crippen molar-refractivity contribution in [2.45, 2.75) is 17.9 Å². The van der Waals surface area contributed by atoms with Crippen LogP contribution in [0, 0.1) is 0 Å². The van der Waals surface area contributed by atoms with Gasteiger partial charge in [0.1, 0.15) is 16.4 Å². The van der Waals surface area contributed by atoms with Gasteiger partial charge in [0, 0.05) is 30.9 Å². The Morgan fingerprint density at radius 2 is 1.85 bits per heavy atom. The topological polar surface area (TPSA) is 69.6 Å². The summed E-state index contributed by atoms with van der Waals surface area (Å²) in [4.78, 5) is 0.0748. The van der Waals surface area contributed by atoms with E-state index in [4.69, 9.17) is 9.47 Å². The molecule has 1 aromatic heterocycles. The first-order chi connectivity index (χ1) is 12.5. The summed E-state index contributed by atoms with van der Waals surface area (Å²) in [6.07, 6.45) is 2.69. The fourth-order valence-corrected chi connectivity index (χ4v) is 4.12. The van der Waals surface area contributed by atoms with Crippen LogP contribution in [0.3, 0.4) is 0 Å². The second-order valence-electron chi connectivity index (χ2n) is 5.84. The maximum absolute atomic E-state index is 12.6. The van der Waals surface area contributed by atoms with Crippen molar-refractivity contribution in [1.82, 2.24) is 9.29 Å². The lowest BCUT2D eigenvalue weighted by Gasteiger charge is -2.12. The zero-order chi connectivity index (χ0) is 18.6. The lowest BCUT2D eigenvalue weighted by molar-refractivity contribution is 0.392. The largest absolute Gasteiger partial charge is 0.497 e. The van der Waals surface area contributed by atoms with Crippen molar-refractivity contribution in [1.29, 1.82) is 0 Å². The first-order valence-electron chi connectivity index (χ1n) is 8.31. The number of benzene rings is 2. The molecule has 0 saturated carbocycles. The Hall–Kier alpha value is -2.51. The highest BCUT2D eigenvalue weighted by Crippen LogP contribution is 2.28. The Bertz CT molecular complexity index is 996. The molecule has 1 N–H and O–H groups in total. The van der Waals surface area contributed by atoms with E-state index in [2.05, 4.69) is 27.5 Å². The van der Waals surface area contributed by atoms with Gasteiger partial charge in [0.05, 0.1) is 14.2 Å². The Morgan fingerprint density at radius 1 is 1.04 bits per heavy atom. The van der Waals surface area contributed by atoms with Crippen LogP contribution in [0.2, 0.25) is 0 Å². The first-order valence-corrected chi connectivity index (χ1v) is 9.79. The standard InChI is InChI=1S/C19H22N2O4S/c1-24-16-8-9-18(25-2)19(14-16)26(22,23)20-11-5-12-21-13-10-15-6-3-4-7-17(15)21/h3-4,6-10,13-14,20H,5,11-12H2,1-2H3. The zero-order valence-corrected chi connectivity index (χ0v) is 15.6. The molecule has 0 aliphatic rings. The number of aryl methyl sites for hydroxylation is 1. The number of aromatic nitrogens is 1. The van der Waals surface area contributed by atoms with Crippen LogP contribution in [-0.4, -0.2) is 33.7 Å². The highest BCUT2D eigenvalue weighted by atomic mass is 32.2. The number of rotatable bonds is 8. The summed E-state index contributed by atoms with van der Waals surface area (Å²) in [5, 5.41) is 1.18. The van der Waals surface area contributed by atoms with Gasteiger partial charge in [-0.05, 0) is 36.1 Å². The van der Waals surface area contributed by atoms with Crippen molar-refractivity contribution in [2.24, 2.45) is 0 Å². The van der Waals surface area contributed by atoms with E-state index < -0.39 is 10.0 Å². The van der Waals surface area contributed by atoms with Crippen molar-refractivity contribution in [3.8, 4) is 11.5 Å². The number of para-hydroxylation sites is 1. The molecule has 6 nitrogen and oxygen atoms in total. The van der Waals surface area contributed by atoms with Gasteiger partial charge < -0.3 is 14.0 Å². The minimum atomic E-state index is -3.68. The summed E-state index contributed by atoms with van der Waals surface area (Å²) in [5.74, 6) is 0.750. The second kappa shape index (κ2) is 7.80. The maximum atomic E-state index is 12.6. The lowest BCUT2D eigenvalue weighted by atomic mass is 10.2. The molecule has 0 aliphatic heterocycles. The summed E-state index contributed by atoms with van der Waals surface area (Å²) in [7, 11) is -0.748. The lowest BCUT2D eigenvalue weighted by Crippen LogP contribution is -2.26. The monoisotopic (exact) mass is 374 g/mol. The van der Waals surface area contributed by atoms with E-state index in [0.717, 1.165) is 12.1 Å². The van der Waals surface area contributed by atoms with E-state index in [-0.39, 0.29) is 10.6 Å².